The molecule has 0 saturated heterocycles. The predicted molar refractivity (Wildman–Crippen MR) is 113 cm³/mol. The molecule has 0 bridgehead atoms. The summed E-state index contributed by atoms with van der Waals surface area (Å²) < 4.78 is 23.8. The van der Waals surface area contributed by atoms with Crippen LogP contribution in [0.4, 0.5) is 4.39 Å². The molecule has 0 unspecified atom stereocenters. The monoisotopic (exact) mass is 473 g/mol. The molecule has 0 amide bonds. The Hall–Kier alpha value is -2.03. The molecule has 0 radical (unpaired) electrons. The Bertz CT molecular complexity index is 726. The van der Waals surface area contributed by atoms with Crippen LogP contribution >= 0.6 is 24.0 Å². The number of halogens is 2. The van der Waals surface area contributed by atoms with Gasteiger partial charge in [-0.15, -0.1) is 24.0 Å². The number of guanidine groups is 1. The molecule has 0 saturated carbocycles. The minimum atomic E-state index is -0.243. The first-order valence-electron chi connectivity index (χ1n) is 8.06. The molecular formula is C19H25FIN3O2. The summed E-state index contributed by atoms with van der Waals surface area (Å²) in [5.74, 6) is 2.04. The van der Waals surface area contributed by atoms with Gasteiger partial charge < -0.3 is 20.1 Å². The van der Waals surface area contributed by atoms with Crippen LogP contribution in [0.3, 0.4) is 0 Å². The first-order valence-corrected chi connectivity index (χ1v) is 8.06. The van der Waals surface area contributed by atoms with E-state index in [1.165, 1.54) is 12.1 Å². The highest BCUT2D eigenvalue weighted by Gasteiger charge is 2.06. The van der Waals surface area contributed by atoms with E-state index in [2.05, 4.69) is 15.6 Å². The second kappa shape index (κ2) is 11.6. The van der Waals surface area contributed by atoms with Gasteiger partial charge in [-0.25, -0.2) is 4.39 Å². The second-order valence-corrected chi connectivity index (χ2v) is 5.41. The van der Waals surface area contributed by atoms with E-state index in [-0.39, 0.29) is 29.8 Å². The number of hydrogen-bond acceptors (Lipinski definition) is 3. The molecule has 2 N–H and O–H groups in total. The van der Waals surface area contributed by atoms with Crippen molar-refractivity contribution < 1.29 is 13.9 Å². The van der Waals surface area contributed by atoms with Gasteiger partial charge in [0.05, 0.1) is 14.2 Å². The van der Waals surface area contributed by atoms with E-state index >= 15 is 0 Å². The lowest BCUT2D eigenvalue weighted by Gasteiger charge is -2.14. The van der Waals surface area contributed by atoms with Crippen LogP contribution in [0, 0.1) is 5.82 Å². The Morgan fingerprint density at radius 3 is 2.54 bits per heavy atom. The lowest BCUT2D eigenvalue weighted by molar-refractivity contribution is 0.398. The molecule has 0 aliphatic carbocycles. The molecule has 142 valence electrons. The maximum absolute atomic E-state index is 13.2. The highest BCUT2D eigenvalue weighted by atomic mass is 127. The van der Waals surface area contributed by atoms with Gasteiger partial charge in [0.2, 0.25) is 0 Å². The van der Waals surface area contributed by atoms with Gasteiger partial charge in [-0.05, 0) is 47.9 Å². The second-order valence-electron chi connectivity index (χ2n) is 5.41. The van der Waals surface area contributed by atoms with Gasteiger partial charge in [0.25, 0.3) is 0 Å². The van der Waals surface area contributed by atoms with Gasteiger partial charge >= 0.3 is 0 Å². The fourth-order valence-electron chi connectivity index (χ4n) is 2.45. The van der Waals surface area contributed by atoms with E-state index in [1.54, 1.807) is 27.3 Å². The third-order valence-corrected chi connectivity index (χ3v) is 3.75. The van der Waals surface area contributed by atoms with E-state index in [1.807, 2.05) is 24.3 Å². The Labute approximate surface area is 171 Å². The maximum atomic E-state index is 13.2. The van der Waals surface area contributed by atoms with Crippen LogP contribution in [-0.2, 0) is 13.0 Å². The van der Waals surface area contributed by atoms with E-state index in [4.69, 9.17) is 9.47 Å². The van der Waals surface area contributed by atoms with Crippen LogP contribution in [0.5, 0.6) is 11.5 Å². The quantitative estimate of drug-likeness (QED) is 0.368. The molecular weight excluding hydrogens is 448 g/mol. The average molecular weight is 473 g/mol. The summed E-state index contributed by atoms with van der Waals surface area (Å²) in [6, 6.07) is 12.2. The van der Waals surface area contributed by atoms with Gasteiger partial charge in [0, 0.05) is 20.1 Å². The van der Waals surface area contributed by atoms with E-state index < -0.39 is 0 Å². The van der Waals surface area contributed by atoms with E-state index in [0.717, 1.165) is 29.0 Å². The zero-order valence-corrected chi connectivity index (χ0v) is 17.5. The number of rotatable bonds is 7. The number of nitrogens with one attached hydrogen (secondary N) is 2. The van der Waals surface area contributed by atoms with Crippen molar-refractivity contribution in [2.45, 2.75) is 13.0 Å². The summed E-state index contributed by atoms with van der Waals surface area (Å²) >= 11 is 0. The highest BCUT2D eigenvalue weighted by molar-refractivity contribution is 14.0. The molecule has 0 aliphatic heterocycles. The van der Waals surface area contributed by atoms with Crippen molar-refractivity contribution in [3.05, 3.63) is 59.4 Å². The zero-order chi connectivity index (χ0) is 18.1. The van der Waals surface area contributed by atoms with Gasteiger partial charge in [-0.3, -0.25) is 4.99 Å². The lowest BCUT2D eigenvalue weighted by Crippen LogP contribution is -2.37. The smallest absolute Gasteiger partial charge is 0.191 e. The van der Waals surface area contributed by atoms with Crippen molar-refractivity contribution >= 4 is 29.9 Å². The Morgan fingerprint density at radius 2 is 1.88 bits per heavy atom. The summed E-state index contributed by atoms with van der Waals surface area (Å²) in [5.41, 5.74) is 1.91. The first kappa shape index (κ1) is 22.0. The summed E-state index contributed by atoms with van der Waals surface area (Å²) in [4.78, 5) is 4.18. The molecule has 0 spiro atoms. The number of nitrogens with zero attached hydrogens (tertiary/aromatic N) is 1. The third kappa shape index (κ3) is 6.70. The van der Waals surface area contributed by atoms with Crippen LogP contribution in [0.25, 0.3) is 0 Å². The van der Waals surface area contributed by atoms with Gasteiger partial charge in [-0.1, -0.05) is 12.1 Å². The normalized spacial score (nSPS) is 10.7. The Kier molecular flexibility index (Phi) is 9.79. The summed E-state index contributed by atoms with van der Waals surface area (Å²) in [7, 11) is 4.99. The molecule has 5 nitrogen and oxygen atoms in total. The minimum absolute atomic E-state index is 0. The molecule has 0 aliphatic rings. The first-order chi connectivity index (χ1) is 12.2. The van der Waals surface area contributed by atoms with Gasteiger partial charge in [0.1, 0.15) is 17.3 Å². The van der Waals surface area contributed by atoms with Crippen molar-refractivity contribution in [3.63, 3.8) is 0 Å². The van der Waals surface area contributed by atoms with Gasteiger partial charge in [-0.2, -0.15) is 0 Å². The standard InChI is InChI=1S/C19H24FN3O2.HI/c1-21-19(23-13-14-5-4-6-16(20)11-14)22-10-9-15-12-17(24-2)7-8-18(15)25-3;/h4-8,11-12H,9-10,13H2,1-3H3,(H2,21,22,23);1H. The molecule has 0 atom stereocenters. The molecule has 2 aromatic rings. The van der Waals surface area contributed by atoms with Gasteiger partial charge in [0.15, 0.2) is 5.96 Å². The minimum Gasteiger partial charge on any atom is -0.497 e. The van der Waals surface area contributed by atoms with Crippen LogP contribution in [-0.4, -0.2) is 33.8 Å². The largest absolute Gasteiger partial charge is 0.497 e. The van der Waals surface area contributed by atoms with Crippen molar-refractivity contribution in [2.75, 3.05) is 27.8 Å². The number of aliphatic imine (C=N–C) groups is 1. The van der Waals surface area contributed by atoms with E-state index in [0.29, 0.717) is 19.0 Å². The summed E-state index contributed by atoms with van der Waals surface area (Å²) in [5, 5.41) is 6.41. The molecule has 0 heterocycles. The molecule has 2 rings (SSSR count). The average Bonchev–Trinajstić information content (AvgIpc) is 2.64. The highest BCUT2D eigenvalue weighted by Crippen LogP contribution is 2.24. The van der Waals surface area contributed by atoms with Crippen LogP contribution in [0.15, 0.2) is 47.5 Å². The third-order valence-electron chi connectivity index (χ3n) is 3.75. The predicted octanol–water partition coefficient (Wildman–Crippen LogP) is 3.37. The fraction of sp³-hybridized carbons (Fsp3) is 0.316. The number of methoxy groups -OCH3 is 2. The Morgan fingerprint density at radius 1 is 1.08 bits per heavy atom. The summed E-state index contributed by atoms with van der Waals surface area (Å²) in [6.45, 7) is 1.17. The van der Waals surface area contributed by atoms with Crippen molar-refractivity contribution in [3.8, 4) is 11.5 Å². The number of ether oxygens (including phenoxy) is 2. The fourth-order valence-corrected chi connectivity index (χ4v) is 2.45. The van der Waals surface area contributed by atoms with E-state index in [9.17, 15) is 4.39 Å². The zero-order valence-electron chi connectivity index (χ0n) is 15.2. The number of benzene rings is 2. The molecule has 2 aromatic carbocycles. The lowest BCUT2D eigenvalue weighted by atomic mass is 10.1. The van der Waals surface area contributed by atoms with Crippen molar-refractivity contribution in [1.29, 1.82) is 0 Å². The maximum Gasteiger partial charge on any atom is 0.191 e. The molecule has 0 fully saturated rings. The van der Waals surface area contributed by atoms with Crippen molar-refractivity contribution in [1.82, 2.24) is 10.6 Å². The summed E-state index contributed by atoms with van der Waals surface area (Å²) in [6.07, 6.45) is 0.751. The number of hydrogen-bond donors (Lipinski definition) is 2. The Balaban J connectivity index is 0.00000338. The van der Waals surface area contributed by atoms with Crippen LogP contribution < -0.4 is 20.1 Å². The molecule has 26 heavy (non-hydrogen) atoms. The molecule has 0 aromatic heterocycles. The molecule has 7 heteroatoms. The van der Waals surface area contributed by atoms with Crippen LogP contribution in [0.1, 0.15) is 11.1 Å². The van der Waals surface area contributed by atoms with Crippen molar-refractivity contribution in [2.24, 2.45) is 4.99 Å². The SMILES string of the molecule is CN=C(NCCc1cc(OC)ccc1OC)NCc1cccc(F)c1.I. The van der Waals surface area contributed by atoms with Crippen LogP contribution in [0.2, 0.25) is 0 Å². The topological polar surface area (TPSA) is 54.9 Å².